The first-order valence-corrected chi connectivity index (χ1v) is 10.7. The first-order chi connectivity index (χ1) is 15.1. The largest absolute Gasteiger partial charge is 0.496 e. The van der Waals surface area contributed by atoms with E-state index < -0.39 is 45.2 Å². The van der Waals surface area contributed by atoms with E-state index >= 15 is 0 Å². The molecule has 0 saturated carbocycles. The zero-order chi connectivity index (χ0) is 23.7. The van der Waals surface area contributed by atoms with Crippen LogP contribution in [0.5, 0.6) is 5.75 Å². The summed E-state index contributed by atoms with van der Waals surface area (Å²) in [7, 11) is -2.58. The lowest BCUT2D eigenvalue weighted by molar-refractivity contribution is -0.384. The molecule has 0 aliphatic heterocycles. The van der Waals surface area contributed by atoms with Crippen molar-refractivity contribution < 1.29 is 32.4 Å². The third-order valence-electron chi connectivity index (χ3n) is 3.99. The maximum Gasteiger partial charge on any atom is 0.321 e. The normalized spacial score (nSPS) is 12.2. The lowest BCUT2D eigenvalue weighted by Crippen LogP contribution is -2.35. The Morgan fingerprint density at radius 1 is 1.19 bits per heavy atom. The summed E-state index contributed by atoms with van der Waals surface area (Å²) in [6, 6.07) is 12.5. The molecule has 170 valence electrons. The fourth-order valence-electron chi connectivity index (χ4n) is 2.36. The molecular formula is C20H21N3O8S. The van der Waals surface area contributed by atoms with E-state index in [1.165, 1.54) is 32.2 Å². The highest BCUT2D eigenvalue weighted by Gasteiger charge is 2.23. The Morgan fingerprint density at radius 3 is 2.50 bits per heavy atom. The van der Waals surface area contributed by atoms with Gasteiger partial charge in [-0.25, -0.2) is 13.1 Å². The molecule has 0 aliphatic rings. The van der Waals surface area contributed by atoms with Gasteiger partial charge in [-0.05, 0) is 30.7 Å². The van der Waals surface area contributed by atoms with E-state index in [0.717, 1.165) is 11.5 Å². The molecule has 0 fully saturated rings. The molecule has 0 radical (unpaired) electrons. The quantitative estimate of drug-likeness (QED) is 0.308. The smallest absolute Gasteiger partial charge is 0.321 e. The summed E-state index contributed by atoms with van der Waals surface area (Å²) < 4.78 is 35.8. The molecule has 1 atom stereocenters. The van der Waals surface area contributed by atoms with Gasteiger partial charge in [0.1, 0.15) is 18.0 Å². The van der Waals surface area contributed by atoms with Gasteiger partial charge in [-0.2, -0.15) is 0 Å². The van der Waals surface area contributed by atoms with Crippen molar-refractivity contribution in [1.29, 1.82) is 0 Å². The minimum atomic E-state index is -3.92. The number of anilines is 1. The van der Waals surface area contributed by atoms with Crippen molar-refractivity contribution in [1.82, 2.24) is 4.72 Å². The summed E-state index contributed by atoms with van der Waals surface area (Å²) in [5.74, 6) is -1.62. The van der Waals surface area contributed by atoms with Crippen LogP contribution in [0, 0.1) is 10.1 Å². The number of rotatable bonds is 10. The van der Waals surface area contributed by atoms with Gasteiger partial charge in [-0.15, -0.1) is 0 Å². The van der Waals surface area contributed by atoms with Crippen molar-refractivity contribution in [2.75, 3.05) is 19.0 Å². The van der Waals surface area contributed by atoms with Crippen LogP contribution >= 0.6 is 0 Å². The molecule has 0 bridgehead atoms. The fraction of sp³-hybridized carbons (Fsp3) is 0.200. The lowest BCUT2D eigenvalue weighted by Gasteiger charge is -2.14. The standard InChI is InChI=1S/C20H21N3O8S/c1-14(20(25)22-17-9-8-16(30-2)12-18(17)23(26)27)31-19(24)13-21-32(28,29)11-10-15-6-4-3-5-7-15/h3-12,14,21H,13H2,1-2H3,(H,22,25)/b11-10+. The number of carbonyl (C=O) groups excluding carboxylic acids is 2. The number of nitrogens with zero attached hydrogens (tertiary/aromatic N) is 1. The molecule has 0 saturated heterocycles. The van der Waals surface area contributed by atoms with Crippen LogP contribution < -0.4 is 14.8 Å². The van der Waals surface area contributed by atoms with Crippen molar-refractivity contribution in [2.24, 2.45) is 0 Å². The maximum atomic E-state index is 12.2. The number of nitro groups is 1. The van der Waals surface area contributed by atoms with E-state index in [1.807, 2.05) is 4.72 Å². The Balaban J connectivity index is 1.91. The Hall–Kier alpha value is -3.77. The highest BCUT2D eigenvalue weighted by atomic mass is 32.2. The predicted octanol–water partition coefficient (Wildman–Crippen LogP) is 2.06. The van der Waals surface area contributed by atoms with Crippen LogP contribution in [0.15, 0.2) is 53.9 Å². The van der Waals surface area contributed by atoms with Gasteiger partial charge in [-0.1, -0.05) is 30.3 Å². The summed E-state index contributed by atoms with van der Waals surface area (Å²) in [5.41, 5.74) is 0.128. The molecular weight excluding hydrogens is 442 g/mol. The van der Waals surface area contributed by atoms with Gasteiger partial charge in [0.05, 0.1) is 18.1 Å². The monoisotopic (exact) mass is 463 g/mol. The molecule has 32 heavy (non-hydrogen) atoms. The number of esters is 1. The first-order valence-electron chi connectivity index (χ1n) is 9.17. The van der Waals surface area contributed by atoms with E-state index in [2.05, 4.69) is 5.32 Å². The van der Waals surface area contributed by atoms with Crippen molar-refractivity contribution in [3.05, 3.63) is 69.6 Å². The summed E-state index contributed by atoms with van der Waals surface area (Å²) in [6.07, 6.45) is 0.0134. The molecule has 1 unspecified atom stereocenters. The van der Waals surface area contributed by atoms with Crippen LogP contribution in [0.25, 0.3) is 6.08 Å². The predicted molar refractivity (Wildman–Crippen MR) is 116 cm³/mol. The minimum Gasteiger partial charge on any atom is -0.496 e. The first kappa shape index (κ1) is 24.5. The van der Waals surface area contributed by atoms with Crippen LogP contribution in [0.1, 0.15) is 12.5 Å². The van der Waals surface area contributed by atoms with E-state index in [9.17, 15) is 28.1 Å². The Bertz CT molecular complexity index is 1120. The number of amides is 1. The SMILES string of the molecule is COc1ccc(NC(=O)C(C)OC(=O)CNS(=O)(=O)/C=C/c2ccccc2)c([N+](=O)[O-])c1. The Kier molecular flexibility index (Phi) is 8.44. The van der Waals surface area contributed by atoms with Crippen molar-refractivity contribution in [2.45, 2.75) is 13.0 Å². The molecule has 0 aliphatic carbocycles. The molecule has 0 heterocycles. The molecule has 2 N–H and O–H groups in total. The van der Waals surface area contributed by atoms with Gasteiger partial charge in [0.15, 0.2) is 6.10 Å². The molecule has 2 rings (SSSR count). The third kappa shape index (κ3) is 7.49. The zero-order valence-corrected chi connectivity index (χ0v) is 18.0. The number of methoxy groups -OCH3 is 1. The highest BCUT2D eigenvalue weighted by molar-refractivity contribution is 7.92. The van der Waals surface area contributed by atoms with E-state index in [4.69, 9.17) is 9.47 Å². The van der Waals surface area contributed by atoms with E-state index in [-0.39, 0.29) is 11.4 Å². The van der Waals surface area contributed by atoms with Crippen LogP contribution in [0.2, 0.25) is 0 Å². The highest BCUT2D eigenvalue weighted by Crippen LogP contribution is 2.29. The molecule has 1 amide bonds. The Morgan fingerprint density at radius 2 is 1.88 bits per heavy atom. The second-order valence-corrected chi connectivity index (χ2v) is 7.99. The number of hydrogen-bond acceptors (Lipinski definition) is 8. The number of sulfonamides is 1. The zero-order valence-electron chi connectivity index (χ0n) is 17.2. The minimum absolute atomic E-state index is 0.115. The van der Waals surface area contributed by atoms with Gasteiger partial charge >= 0.3 is 5.97 Å². The summed E-state index contributed by atoms with van der Waals surface area (Å²) in [4.78, 5) is 34.6. The average molecular weight is 463 g/mol. The summed E-state index contributed by atoms with van der Waals surface area (Å²) in [5, 5.41) is 14.4. The fourth-order valence-corrected chi connectivity index (χ4v) is 3.11. The summed E-state index contributed by atoms with van der Waals surface area (Å²) in [6.45, 7) is 0.536. The van der Waals surface area contributed by atoms with Crippen molar-refractivity contribution in [3.8, 4) is 5.75 Å². The number of nitro benzene ring substituents is 1. The van der Waals surface area contributed by atoms with Crippen molar-refractivity contribution in [3.63, 3.8) is 0 Å². The third-order valence-corrected chi connectivity index (χ3v) is 5.03. The molecule has 11 nitrogen and oxygen atoms in total. The number of benzene rings is 2. The number of nitrogens with one attached hydrogen (secondary N) is 2. The second-order valence-electron chi connectivity index (χ2n) is 6.34. The van der Waals surface area contributed by atoms with Crippen LogP contribution in [-0.4, -0.2) is 45.0 Å². The topological polar surface area (TPSA) is 154 Å². The van der Waals surface area contributed by atoms with E-state index in [0.29, 0.717) is 5.56 Å². The molecule has 2 aromatic carbocycles. The lowest BCUT2D eigenvalue weighted by atomic mass is 10.2. The maximum absolute atomic E-state index is 12.2. The Labute approximate surface area is 184 Å². The van der Waals surface area contributed by atoms with E-state index in [1.54, 1.807) is 30.3 Å². The van der Waals surface area contributed by atoms with Gasteiger partial charge in [-0.3, -0.25) is 19.7 Å². The molecule has 12 heteroatoms. The van der Waals surface area contributed by atoms with Crippen LogP contribution in [0.4, 0.5) is 11.4 Å². The average Bonchev–Trinajstić information content (AvgIpc) is 2.77. The number of carbonyl (C=O) groups is 2. The van der Waals surface area contributed by atoms with Gasteiger partial charge in [0.2, 0.25) is 10.0 Å². The second kappa shape index (κ2) is 11.0. The van der Waals surface area contributed by atoms with Crippen molar-refractivity contribution >= 4 is 39.4 Å². The molecule has 2 aromatic rings. The van der Waals surface area contributed by atoms with Gasteiger partial charge in [0, 0.05) is 5.41 Å². The van der Waals surface area contributed by atoms with Gasteiger partial charge < -0.3 is 14.8 Å². The summed E-state index contributed by atoms with van der Waals surface area (Å²) >= 11 is 0. The number of ether oxygens (including phenoxy) is 2. The molecule has 0 spiro atoms. The van der Waals surface area contributed by atoms with Gasteiger partial charge in [0.25, 0.3) is 11.6 Å². The van der Waals surface area contributed by atoms with Crippen LogP contribution in [-0.2, 0) is 24.3 Å². The number of hydrogen-bond donors (Lipinski definition) is 2. The van der Waals surface area contributed by atoms with Crippen LogP contribution in [0.3, 0.4) is 0 Å². The molecule has 0 aromatic heterocycles.